The van der Waals surface area contributed by atoms with Gasteiger partial charge < -0.3 is 0 Å². The first kappa shape index (κ1) is 7.17. The van der Waals surface area contributed by atoms with Crippen LogP contribution in [0.5, 0.6) is 0 Å². The maximum Gasteiger partial charge on any atom is -0.00871 e. The zero-order valence-electron chi connectivity index (χ0n) is 8.24. The largest absolute Gasteiger partial charge is 0.0676 e. The summed E-state index contributed by atoms with van der Waals surface area (Å²) in [7, 11) is 0. The Hall–Kier alpha value is -0.260. The van der Waals surface area contributed by atoms with Gasteiger partial charge in [0.1, 0.15) is 0 Å². The van der Waals surface area contributed by atoms with Crippen LogP contribution in [0.4, 0.5) is 0 Å². The summed E-state index contributed by atoms with van der Waals surface area (Å²) < 4.78 is 0. The van der Waals surface area contributed by atoms with E-state index < -0.39 is 0 Å². The fourth-order valence-electron chi connectivity index (χ4n) is 3.20. The Bertz CT molecular complexity index is 234. The summed E-state index contributed by atoms with van der Waals surface area (Å²) in [4.78, 5) is 0. The molecule has 0 heteroatoms. The summed E-state index contributed by atoms with van der Waals surface area (Å²) in [6.45, 7) is 4.81. The molecular formula is C12H18. The topological polar surface area (TPSA) is 0 Å². The summed E-state index contributed by atoms with van der Waals surface area (Å²) in [5.74, 6) is 0. The molecule has 0 bridgehead atoms. The van der Waals surface area contributed by atoms with Crippen LogP contribution >= 0.6 is 0 Å². The van der Waals surface area contributed by atoms with E-state index in [-0.39, 0.29) is 0 Å². The molecule has 0 aromatic rings. The molecule has 3 rings (SSSR count). The van der Waals surface area contributed by atoms with E-state index in [1.165, 1.54) is 38.5 Å². The highest BCUT2D eigenvalue weighted by atomic mass is 14.6. The van der Waals surface area contributed by atoms with Gasteiger partial charge in [-0.05, 0) is 63.2 Å². The molecular weight excluding hydrogens is 144 g/mol. The summed E-state index contributed by atoms with van der Waals surface area (Å²) >= 11 is 0. The van der Waals surface area contributed by atoms with Crippen molar-refractivity contribution < 1.29 is 0 Å². The molecule has 2 fully saturated rings. The van der Waals surface area contributed by atoms with Crippen LogP contribution in [0.2, 0.25) is 0 Å². The lowest BCUT2D eigenvalue weighted by atomic mass is 9.74. The molecule has 66 valence electrons. The van der Waals surface area contributed by atoms with Crippen molar-refractivity contribution in [1.29, 1.82) is 0 Å². The van der Waals surface area contributed by atoms with Crippen LogP contribution in [0.1, 0.15) is 52.4 Å². The van der Waals surface area contributed by atoms with E-state index in [9.17, 15) is 0 Å². The van der Waals surface area contributed by atoms with Crippen molar-refractivity contribution in [3.05, 3.63) is 11.1 Å². The lowest BCUT2D eigenvalue weighted by molar-refractivity contribution is 0.386. The molecule has 2 saturated carbocycles. The van der Waals surface area contributed by atoms with Crippen LogP contribution in [0, 0.1) is 10.8 Å². The van der Waals surface area contributed by atoms with E-state index in [0.717, 1.165) is 10.8 Å². The van der Waals surface area contributed by atoms with E-state index in [2.05, 4.69) is 13.8 Å². The zero-order valence-corrected chi connectivity index (χ0v) is 8.24. The van der Waals surface area contributed by atoms with E-state index in [0.29, 0.717) is 0 Å². The van der Waals surface area contributed by atoms with Gasteiger partial charge >= 0.3 is 0 Å². The number of hydrogen-bond donors (Lipinski definition) is 0. The Kier molecular flexibility index (Phi) is 1.08. The summed E-state index contributed by atoms with van der Waals surface area (Å²) in [5.41, 5.74) is 5.04. The van der Waals surface area contributed by atoms with Crippen molar-refractivity contribution in [2.75, 3.05) is 0 Å². The third kappa shape index (κ3) is 0.694. The van der Waals surface area contributed by atoms with Crippen molar-refractivity contribution in [1.82, 2.24) is 0 Å². The molecule has 0 amide bonds. The highest BCUT2D eigenvalue weighted by Crippen LogP contribution is 2.68. The zero-order chi connectivity index (χ0) is 8.40. The highest BCUT2D eigenvalue weighted by Gasteiger charge is 2.55. The minimum absolute atomic E-state index is 0.734. The first-order chi connectivity index (χ1) is 5.69. The molecule has 0 aliphatic heterocycles. The van der Waals surface area contributed by atoms with Gasteiger partial charge in [-0.25, -0.2) is 0 Å². The van der Waals surface area contributed by atoms with Crippen molar-refractivity contribution >= 4 is 0 Å². The predicted molar refractivity (Wildman–Crippen MR) is 50.9 cm³/mol. The van der Waals surface area contributed by atoms with Gasteiger partial charge in [-0.1, -0.05) is 11.1 Å². The van der Waals surface area contributed by atoms with E-state index in [4.69, 9.17) is 0 Å². The van der Waals surface area contributed by atoms with Gasteiger partial charge in [0.15, 0.2) is 0 Å². The molecule has 2 spiro atoms. The molecule has 0 saturated heterocycles. The van der Waals surface area contributed by atoms with E-state index in [1.807, 2.05) is 0 Å². The normalized spacial score (nSPS) is 34.5. The Balaban J connectivity index is 2.05. The Morgan fingerprint density at radius 1 is 0.667 bits per heavy atom. The van der Waals surface area contributed by atoms with Gasteiger partial charge in [-0.3, -0.25) is 0 Å². The molecule has 0 unspecified atom stereocenters. The van der Waals surface area contributed by atoms with Crippen LogP contribution in [-0.2, 0) is 0 Å². The van der Waals surface area contributed by atoms with Crippen LogP contribution < -0.4 is 0 Å². The minimum Gasteiger partial charge on any atom is -0.0676 e. The summed E-state index contributed by atoms with van der Waals surface area (Å²) in [6.07, 6.45) is 8.99. The second-order valence-corrected chi connectivity index (χ2v) is 5.31. The first-order valence-electron chi connectivity index (χ1n) is 5.37. The van der Waals surface area contributed by atoms with Crippen LogP contribution in [0.25, 0.3) is 0 Å². The third-order valence-corrected chi connectivity index (χ3v) is 4.94. The fraction of sp³-hybridized carbons (Fsp3) is 0.833. The van der Waals surface area contributed by atoms with Crippen LogP contribution in [0.15, 0.2) is 11.1 Å². The quantitative estimate of drug-likeness (QED) is 0.477. The molecule has 0 heterocycles. The molecule has 0 atom stereocenters. The van der Waals surface area contributed by atoms with Gasteiger partial charge in [0.25, 0.3) is 0 Å². The van der Waals surface area contributed by atoms with Crippen molar-refractivity contribution in [2.24, 2.45) is 10.8 Å². The maximum atomic E-state index is 2.40. The Labute approximate surface area is 75.0 Å². The molecule has 3 aliphatic rings. The monoisotopic (exact) mass is 162 g/mol. The van der Waals surface area contributed by atoms with Gasteiger partial charge in [0, 0.05) is 0 Å². The van der Waals surface area contributed by atoms with Gasteiger partial charge in [-0.15, -0.1) is 0 Å². The molecule has 12 heavy (non-hydrogen) atoms. The standard InChI is InChI=1S/C12H18/c1-9-10(2)12(5-6-12)8-7-11(9)3-4-11/h3-8H2,1-2H3. The van der Waals surface area contributed by atoms with Crippen molar-refractivity contribution in [3.8, 4) is 0 Å². The Morgan fingerprint density at radius 3 is 1.17 bits per heavy atom. The first-order valence-corrected chi connectivity index (χ1v) is 5.37. The average molecular weight is 162 g/mol. The van der Waals surface area contributed by atoms with E-state index in [1.54, 1.807) is 11.1 Å². The Morgan fingerprint density at radius 2 is 0.917 bits per heavy atom. The minimum atomic E-state index is 0.734. The average Bonchev–Trinajstić information content (AvgIpc) is 2.94. The maximum absolute atomic E-state index is 2.40. The number of allylic oxidation sites excluding steroid dienone is 2. The molecule has 0 aromatic carbocycles. The van der Waals surface area contributed by atoms with Crippen LogP contribution in [0.3, 0.4) is 0 Å². The third-order valence-electron chi connectivity index (χ3n) is 4.94. The molecule has 3 aliphatic carbocycles. The van der Waals surface area contributed by atoms with Crippen molar-refractivity contribution in [2.45, 2.75) is 52.4 Å². The van der Waals surface area contributed by atoms with Gasteiger partial charge in [0.05, 0.1) is 0 Å². The summed E-state index contributed by atoms with van der Waals surface area (Å²) in [6, 6.07) is 0. The second-order valence-electron chi connectivity index (χ2n) is 5.31. The summed E-state index contributed by atoms with van der Waals surface area (Å²) in [5, 5.41) is 0. The molecule has 0 aromatic heterocycles. The van der Waals surface area contributed by atoms with Gasteiger partial charge in [0.2, 0.25) is 0 Å². The SMILES string of the molecule is CC1=C(C)C2(CC2)CCC12CC2. The lowest BCUT2D eigenvalue weighted by Crippen LogP contribution is -2.18. The highest BCUT2D eigenvalue weighted by molar-refractivity contribution is 5.35. The van der Waals surface area contributed by atoms with Crippen molar-refractivity contribution in [3.63, 3.8) is 0 Å². The van der Waals surface area contributed by atoms with Crippen LogP contribution in [-0.4, -0.2) is 0 Å². The van der Waals surface area contributed by atoms with Gasteiger partial charge in [-0.2, -0.15) is 0 Å². The molecule has 0 radical (unpaired) electrons. The fourth-order valence-corrected chi connectivity index (χ4v) is 3.20. The second kappa shape index (κ2) is 1.81. The molecule has 0 nitrogen and oxygen atoms in total. The smallest absolute Gasteiger partial charge is 0.00871 e. The lowest BCUT2D eigenvalue weighted by Gasteiger charge is -2.31. The predicted octanol–water partition coefficient (Wildman–Crippen LogP) is 3.68. The van der Waals surface area contributed by atoms with E-state index >= 15 is 0 Å². The molecule has 0 N–H and O–H groups in total. The number of hydrogen-bond acceptors (Lipinski definition) is 0. The number of rotatable bonds is 0.